The molecular formula is C18H18O4. The van der Waals surface area contributed by atoms with Crippen LogP contribution in [-0.2, 0) is 0 Å². The first-order chi connectivity index (χ1) is 10.6. The molecule has 2 aromatic carbocycles. The zero-order chi connectivity index (χ0) is 15.7. The second-order valence-corrected chi connectivity index (χ2v) is 5.15. The summed E-state index contributed by atoms with van der Waals surface area (Å²) in [5.41, 5.74) is 2.56. The van der Waals surface area contributed by atoms with Gasteiger partial charge in [-0.05, 0) is 48.9 Å². The van der Waals surface area contributed by atoms with Crippen molar-refractivity contribution in [2.45, 2.75) is 13.0 Å². The third-order valence-corrected chi connectivity index (χ3v) is 3.69. The fraction of sp³-hybridized carbons (Fsp3) is 0.222. The molecule has 22 heavy (non-hydrogen) atoms. The number of rotatable bonds is 4. The molecule has 4 heteroatoms. The van der Waals surface area contributed by atoms with E-state index in [9.17, 15) is 5.11 Å². The van der Waals surface area contributed by atoms with Crippen LogP contribution in [-0.4, -0.2) is 19.3 Å². The molecule has 0 amide bonds. The lowest BCUT2D eigenvalue weighted by Gasteiger charge is -2.08. The molecule has 3 rings (SSSR count). The molecule has 0 radical (unpaired) electrons. The average molecular weight is 298 g/mol. The van der Waals surface area contributed by atoms with Crippen molar-refractivity contribution in [1.29, 1.82) is 0 Å². The lowest BCUT2D eigenvalue weighted by Crippen LogP contribution is -1.90. The van der Waals surface area contributed by atoms with Crippen molar-refractivity contribution in [3.05, 3.63) is 48.0 Å². The highest BCUT2D eigenvalue weighted by molar-refractivity contribution is 5.83. The maximum absolute atomic E-state index is 9.67. The summed E-state index contributed by atoms with van der Waals surface area (Å²) in [5, 5.41) is 10.6. The minimum absolute atomic E-state index is 0.496. The van der Waals surface area contributed by atoms with Gasteiger partial charge in [-0.3, -0.25) is 0 Å². The van der Waals surface area contributed by atoms with Crippen molar-refractivity contribution in [2.24, 2.45) is 0 Å². The predicted molar refractivity (Wildman–Crippen MR) is 85.4 cm³/mol. The highest BCUT2D eigenvalue weighted by atomic mass is 16.5. The number of furan rings is 1. The second kappa shape index (κ2) is 5.73. The van der Waals surface area contributed by atoms with Gasteiger partial charge in [-0.1, -0.05) is 6.07 Å². The molecule has 0 saturated carbocycles. The molecule has 0 fully saturated rings. The quantitative estimate of drug-likeness (QED) is 0.785. The van der Waals surface area contributed by atoms with Crippen LogP contribution in [0.4, 0.5) is 0 Å². The molecule has 0 aliphatic rings. The van der Waals surface area contributed by atoms with Gasteiger partial charge in [-0.2, -0.15) is 0 Å². The Morgan fingerprint density at radius 1 is 0.955 bits per heavy atom. The fourth-order valence-corrected chi connectivity index (χ4v) is 2.45. The van der Waals surface area contributed by atoms with Gasteiger partial charge in [0, 0.05) is 10.9 Å². The predicted octanol–water partition coefficient (Wildman–Crippen LogP) is 4.17. The normalized spacial score (nSPS) is 12.4. The Labute approximate surface area is 128 Å². The Morgan fingerprint density at radius 3 is 2.41 bits per heavy atom. The van der Waals surface area contributed by atoms with Crippen molar-refractivity contribution >= 4 is 11.0 Å². The van der Waals surface area contributed by atoms with E-state index in [1.54, 1.807) is 21.1 Å². The largest absolute Gasteiger partial charge is 0.493 e. The molecular weight excluding hydrogens is 280 g/mol. The Hall–Kier alpha value is -2.46. The summed E-state index contributed by atoms with van der Waals surface area (Å²) < 4.78 is 16.5. The SMILES string of the molecule is COc1ccc(-c2cc3cc(C(C)O)ccc3o2)cc1OC. The molecule has 0 bridgehead atoms. The van der Waals surface area contributed by atoms with E-state index in [0.29, 0.717) is 11.5 Å². The summed E-state index contributed by atoms with van der Waals surface area (Å²) in [6.45, 7) is 1.75. The molecule has 0 saturated heterocycles. The molecule has 1 aromatic heterocycles. The van der Waals surface area contributed by atoms with Gasteiger partial charge in [0.25, 0.3) is 0 Å². The molecule has 0 aliphatic heterocycles. The van der Waals surface area contributed by atoms with E-state index in [0.717, 1.165) is 27.9 Å². The highest BCUT2D eigenvalue weighted by Gasteiger charge is 2.11. The molecule has 3 aromatic rings. The van der Waals surface area contributed by atoms with Crippen molar-refractivity contribution in [3.8, 4) is 22.8 Å². The van der Waals surface area contributed by atoms with Gasteiger partial charge in [0.2, 0.25) is 0 Å². The van der Waals surface area contributed by atoms with Gasteiger partial charge in [-0.25, -0.2) is 0 Å². The number of aliphatic hydroxyl groups is 1. The van der Waals surface area contributed by atoms with E-state index in [1.807, 2.05) is 42.5 Å². The first-order valence-electron chi connectivity index (χ1n) is 7.06. The standard InChI is InChI=1S/C18H18O4/c1-11(19)12-4-6-15-14(8-12)10-17(22-15)13-5-7-16(20-2)18(9-13)21-3/h4-11,19H,1-3H3. The monoisotopic (exact) mass is 298 g/mol. The Balaban J connectivity index is 2.06. The maximum atomic E-state index is 9.67. The second-order valence-electron chi connectivity index (χ2n) is 5.15. The summed E-state index contributed by atoms with van der Waals surface area (Å²) in [7, 11) is 3.21. The van der Waals surface area contributed by atoms with Crippen molar-refractivity contribution in [3.63, 3.8) is 0 Å². The number of fused-ring (bicyclic) bond motifs is 1. The smallest absolute Gasteiger partial charge is 0.161 e. The van der Waals surface area contributed by atoms with Gasteiger partial charge in [0.05, 0.1) is 20.3 Å². The summed E-state index contributed by atoms with van der Waals surface area (Å²) in [4.78, 5) is 0. The highest BCUT2D eigenvalue weighted by Crippen LogP contribution is 2.35. The van der Waals surface area contributed by atoms with E-state index >= 15 is 0 Å². The van der Waals surface area contributed by atoms with Crippen molar-refractivity contribution in [2.75, 3.05) is 14.2 Å². The lowest BCUT2D eigenvalue weighted by atomic mass is 10.1. The number of hydrogen-bond acceptors (Lipinski definition) is 4. The Morgan fingerprint density at radius 2 is 1.73 bits per heavy atom. The van der Waals surface area contributed by atoms with Crippen molar-refractivity contribution < 1.29 is 19.0 Å². The van der Waals surface area contributed by atoms with Gasteiger partial charge in [0.15, 0.2) is 11.5 Å². The average Bonchev–Trinajstić information content (AvgIpc) is 2.97. The van der Waals surface area contributed by atoms with Gasteiger partial charge < -0.3 is 19.0 Å². The topological polar surface area (TPSA) is 51.8 Å². The summed E-state index contributed by atoms with van der Waals surface area (Å²) in [6.07, 6.45) is -0.496. The molecule has 4 nitrogen and oxygen atoms in total. The van der Waals surface area contributed by atoms with Gasteiger partial charge in [-0.15, -0.1) is 0 Å². The van der Waals surface area contributed by atoms with Crippen LogP contribution in [0.3, 0.4) is 0 Å². The summed E-state index contributed by atoms with van der Waals surface area (Å²) in [6, 6.07) is 13.3. The zero-order valence-electron chi connectivity index (χ0n) is 12.8. The first kappa shape index (κ1) is 14.5. The van der Waals surface area contributed by atoms with E-state index in [4.69, 9.17) is 13.9 Å². The number of hydrogen-bond donors (Lipinski definition) is 1. The van der Waals surface area contributed by atoms with Crippen LogP contribution in [0, 0.1) is 0 Å². The van der Waals surface area contributed by atoms with E-state index in [1.165, 1.54) is 0 Å². The minimum Gasteiger partial charge on any atom is -0.493 e. The molecule has 0 aliphatic carbocycles. The van der Waals surface area contributed by atoms with Crippen LogP contribution in [0.15, 0.2) is 46.9 Å². The maximum Gasteiger partial charge on any atom is 0.161 e. The fourth-order valence-electron chi connectivity index (χ4n) is 2.45. The molecule has 1 atom stereocenters. The molecule has 1 heterocycles. The molecule has 0 spiro atoms. The van der Waals surface area contributed by atoms with E-state index < -0.39 is 6.10 Å². The third-order valence-electron chi connectivity index (χ3n) is 3.69. The van der Waals surface area contributed by atoms with Crippen LogP contribution in [0.5, 0.6) is 11.5 Å². The van der Waals surface area contributed by atoms with Crippen LogP contribution < -0.4 is 9.47 Å². The molecule has 1 unspecified atom stereocenters. The zero-order valence-corrected chi connectivity index (χ0v) is 12.8. The van der Waals surface area contributed by atoms with Crippen molar-refractivity contribution in [1.82, 2.24) is 0 Å². The number of methoxy groups -OCH3 is 2. The van der Waals surface area contributed by atoms with Crippen LogP contribution >= 0.6 is 0 Å². The van der Waals surface area contributed by atoms with Crippen LogP contribution in [0.1, 0.15) is 18.6 Å². The number of ether oxygens (including phenoxy) is 2. The summed E-state index contributed by atoms with van der Waals surface area (Å²) in [5.74, 6) is 2.09. The van der Waals surface area contributed by atoms with Gasteiger partial charge in [0.1, 0.15) is 11.3 Å². The van der Waals surface area contributed by atoms with Crippen LogP contribution in [0.2, 0.25) is 0 Å². The van der Waals surface area contributed by atoms with Gasteiger partial charge >= 0.3 is 0 Å². The number of aliphatic hydroxyl groups excluding tert-OH is 1. The Bertz CT molecular complexity index is 802. The summed E-state index contributed by atoms with van der Waals surface area (Å²) >= 11 is 0. The van der Waals surface area contributed by atoms with E-state index in [-0.39, 0.29) is 0 Å². The van der Waals surface area contributed by atoms with Crippen LogP contribution in [0.25, 0.3) is 22.3 Å². The molecule has 114 valence electrons. The number of benzene rings is 2. The molecule has 1 N–H and O–H groups in total. The first-order valence-corrected chi connectivity index (χ1v) is 7.06. The Kier molecular flexibility index (Phi) is 3.77. The minimum atomic E-state index is -0.496. The third kappa shape index (κ3) is 2.53. The lowest BCUT2D eigenvalue weighted by molar-refractivity contribution is 0.199. The van der Waals surface area contributed by atoms with E-state index in [2.05, 4.69) is 0 Å².